The number of likely N-dealkylation sites (tertiary alicyclic amines) is 1. The van der Waals surface area contributed by atoms with Gasteiger partial charge >= 0.3 is 0 Å². The molecule has 4 bridgehead atoms. The van der Waals surface area contributed by atoms with Crippen LogP contribution < -0.4 is 10.2 Å². The first kappa shape index (κ1) is 18.7. The average molecular weight is 382 g/mol. The van der Waals surface area contributed by atoms with Gasteiger partial charge in [0, 0.05) is 31.4 Å². The number of nitrogens with one attached hydrogen (secondary N) is 2. The van der Waals surface area contributed by atoms with Crippen LogP contribution in [-0.2, 0) is 4.79 Å². The molecule has 1 aromatic rings. The van der Waals surface area contributed by atoms with Crippen LogP contribution >= 0.6 is 0 Å². The van der Waals surface area contributed by atoms with Gasteiger partial charge in [-0.15, -0.1) is 0 Å². The van der Waals surface area contributed by atoms with Crippen LogP contribution in [0.15, 0.2) is 12.1 Å². The summed E-state index contributed by atoms with van der Waals surface area (Å²) in [7, 11) is 0. The molecule has 28 heavy (non-hydrogen) atoms. The minimum Gasteiger partial charge on any atom is -0.320 e. The average Bonchev–Trinajstić information content (AvgIpc) is 2.63. The van der Waals surface area contributed by atoms with E-state index in [-0.39, 0.29) is 11.9 Å². The predicted molar refractivity (Wildman–Crippen MR) is 114 cm³/mol. The van der Waals surface area contributed by atoms with Gasteiger partial charge in [-0.3, -0.25) is 4.79 Å². The van der Waals surface area contributed by atoms with Crippen LogP contribution in [0.4, 0.5) is 5.69 Å². The summed E-state index contributed by atoms with van der Waals surface area (Å²) in [4.78, 5) is 15.2. The zero-order valence-electron chi connectivity index (χ0n) is 17.9. The second-order valence-corrected chi connectivity index (χ2v) is 10.8. The maximum absolute atomic E-state index is 13.5. The lowest BCUT2D eigenvalue weighted by molar-refractivity contribution is -0.977. The summed E-state index contributed by atoms with van der Waals surface area (Å²) < 4.78 is 0. The maximum atomic E-state index is 13.5. The lowest BCUT2D eigenvalue weighted by Gasteiger charge is -2.59. The van der Waals surface area contributed by atoms with Crippen molar-refractivity contribution in [1.82, 2.24) is 0 Å². The molecular formula is C25H37N2O+. The van der Waals surface area contributed by atoms with E-state index < -0.39 is 0 Å². The molecule has 1 aromatic carbocycles. The Morgan fingerprint density at radius 3 is 2.11 bits per heavy atom. The molecule has 0 spiro atoms. The smallest absolute Gasteiger partial charge is 0.282 e. The molecule has 152 valence electrons. The van der Waals surface area contributed by atoms with Crippen LogP contribution in [0.3, 0.4) is 0 Å². The van der Waals surface area contributed by atoms with Crippen LogP contribution in [0.5, 0.6) is 0 Å². The van der Waals surface area contributed by atoms with Crippen molar-refractivity contribution >= 4 is 11.6 Å². The monoisotopic (exact) mass is 381 g/mol. The molecule has 0 radical (unpaired) electrons. The van der Waals surface area contributed by atoms with E-state index in [4.69, 9.17) is 0 Å². The van der Waals surface area contributed by atoms with Gasteiger partial charge in [-0.05, 0) is 81.8 Å². The van der Waals surface area contributed by atoms with Gasteiger partial charge in [0.25, 0.3) is 5.91 Å². The minimum absolute atomic E-state index is 0.144. The van der Waals surface area contributed by atoms with Crippen molar-refractivity contribution in [3.8, 4) is 0 Å². The van der Waals surface area contributed by atoms with E-state index >= 15 is 0 Å². The molecule has 4 aliphatic carbocycles. The summed E-state index contributed by atoms with van der Waals surface area (Å²) in [6, 6.07) is 4.52. The SMILES string of the molecule is Cc1cc(C)c(NC(=O)[C@H]2CCCC[NH+]2C23CC4CC(CC(C4)C2)C3)c(C)c1. The molecule has 1 unspecified atom stereocenters. The summed E-state index contributed by atoms with van der Waals surface area (Å²) in [5, 5.41) is 3.38. The Bertz CT molecular complexity index is 724. The lowest BCUT2D eigenvalue weighted by Crippen LogP contribution is -3.25. The molecule has 2 atom stereocenters. The van der Waals surface area contributed by atoms with Crippen molar-refractivity contribution in [2.24, 2.45) is 17.8 Å². The highest BCUT2D eigenvalue weighted by Gasteiger charge is 2.58. The summed E-state index contributed by atoms with van der Waals surface area (Å²) in [5.74, 6) is 3.13. The fourth-order valence-corrected chi connectivity index (χ4v) is 8.03. The Hall–Kier alpha value is -1.35. The number of quaternary nitrogens is 1. The molecule has 5 aliphatic rings. The lowest BCUT2D eigenvalue weighted by atomic mass is 9.52. The predicted octanol–water partition coefficient (Wildman–Crippen LogP) is 3.96. The largest absolute Gasteiger partial charge is 0.320 e. The van der Waals surface area contributed by atoms with Crippen LogP contribution in [0.1, 0.15) is 74.5 Å². The quantitative estimate of drug-likeness (QED) is 0.816. The summed E-state index contributed by atoms with van der Waals surface area (Å²) in [6.45, 7) is 7.59. The number of anilines is 1. The first-order valence-corrected chi connectivity index (χ1v) is 11.7. The number of carbonyl (C=O) groups excluding carboxylic acids is 1. The molecule has 0 aromatic heterocycles. The number of amides is 1. The molecule has 6 rings (SSSR count). The number of carbonyl (C=O) groups is 1. The number of benzene rings is 1. The van der Waals surface area contributed by atoms with Crippen molar-refractivity contribution in [1.29, 1.82) is 0 Å². The Morgan fingerprint density at radius 2 is 1.54 bits per heavy atom. The molecule has 3 nitrogen and oxygen atoms in total. The van der Waals surface area contributed by atoms with Gasteiger partial charge in [-0.1, -0.05) is 17.7 Å². The van der Waals surface area contributed by atoms with Crippen LogP contribution in [-0.4, -0.2) is 24.0 Å². The van der Waals surface area contributed by atoms with Gasteiger partial charge in [-0.2, -0.15) is 0 Å². The maximum Gasteiger partial charge on any atom is 0.282 e. The van der Waals surface area contributed by atoms with E-state index in [9.17, 15) is 4.79 Å². The topological polar surface area (TPSA) is 33.5 Å². The molecule has 2 N–H and O–H groups in total. The molecule has 1 saturated heterocycles. The van der Waals surface area contributed by atoms with E-state index in [1.54, 1.807) is 4.90 Å². The van der Waals surface area contributed by atoms with E-state index in [0.29, 0.717) is 5.54 Å². The highest BCUT2D eigenvalue weighted by molar-refractivity contribution is 5.95. The summed E-state index contributed by atoms with van der Waals surface area (Å²) >= 11 is 0. The van der Waals surface area contributed by atoms with Crippen molar-refractivity contribution in [3.63, 3.8) is 0 Å². The van der Waals surface area contributed by atoms with Gasteiger partial charge in [-0.25, -0.2) is 0 Å². The second kappa shape index (κ2) is 6.86. The first-order valence-electron chi connectivity index (χ1n) is 11.7. The van der Waals surface area contributed by atoms with Crippen LogP contribution in [0.2, 0.25) is 0 Å². The fourth-order valence-electron chi connectivity index (χ4n) is 8.03. The number of aryl methyl sites for hydroxylation is 3. The van der Waals surface area contributed by atoms with E-state index in [1.807, 2.05) is 0 Å². The van der Waals surface area contributed by atoms with Crippen molar-refractivity contribution in [3.05, 3.63) is 28.8 Å². The molecule has 5 fully saturated rings. The van der Waals surface area contributed by atoms with Gasteiger partial charge in [0.2, 0.25) is 0 Å². The van der Waals surface area contributed by atoms with E-state index in [1.165, 1.54) is 74.6 Å². The summed E-state index contributed by atoms with van der Waals surface area (Å²) in [5.41, 5.74) is 5.11. The number of rotatable bonds is 3. The molecule has 3 heteroatoms. The van der Waals surface area contributed by atoms with Crippen LogP contribution in [0, 0.1) is 38.5 Å². The van der Waals surface area contributed by atoms with Gasteiger partial charge in [0.1, 0.15) is 0 Å². The molecule has 1 aliphatic heterocycles. The zero-order valence-corrected chi connectivity index (χ0v) is 17.9. The molecule has 1 heterocycles. The molecular weight excluding hydrogens is 344 g/mol. The number of piperidine rings is 1. The first-order chi connectivity index (χ1) is 13.4. The Labute approximate surface area is 170 Å². The van der Waals surface area contributed by atoms with Crippen molar-refractivity contribution < 1.29 is 9.69 Å². The second-order valence-electron chi connectivity index (χ2n) is 10.8. The van der Waals surface area contributed by atoms with Crippen LogP contribution in [0.25, 0.3) is 0 Å². The Kier molecular flexibility index (Phi) is 4.58. The van der Waals surface area contributed by atoms with Crippen molar-refractivity contribution in [2.45, 2.75) is 90.1 Å². The van der Waals surface area contributed by atoms with Gasteiger partial charge in [0.15, 0.2) is 6.04 Å². The minimum atomic E-state index is 0.144. The van der Waals surface area contributed by atoms with E-state index in [2.05, 4.69) is 38.2 Å². The molecule has 1 amide bonds. The fraction of sp³-hybridized carbons (Fsp3) is 0.720. The van der Waals surface area contributed by atoms with Gasteiger partial charge < -0.3 is 10.2 Å². The molecule has 4 saturated carbocycles. The van der Waals surface area contributed by atoms with Gasteiger partial charge in [0.05, 0.1) is 12.1 Å². The Morgan fingerprint density at radius 1 is 0.964 bits per heavy atom. The highest BCUT2D eigenvalue weighted by Crippen LogP contribution is 2.54. The standard InChI is InChI=1S/C25H36N2O/c1-16-8-17(2)23(18(3)9-16)26-24(28)22-6-4-5-7-27(22)25-13-19-10-20(14-25)12-21(11-19)15-25/h8-9,19-22H,4-7,10-15H2,1-3H3,(H,26,28)/p+1/t19?,20?,21?,22-,25?/m1/s1. The third-order valence-electron chi connectivity index (χ3n) is 8.57. The third kappa shape index (κ3) is 3.10. The number of hydrogen-bond donors (Lipinski definition) is 2. The summed E-state index contributed by atoms with van der Waals surface area (Å²) in [6.07, 6.45) is 12.2. The third-order valence-corrected chi connectivity index (χ3v) is 8.57. The Balaban J connectivity index is 1.40. The highest BCUT2D eigenvalue weighted by atomic mass is 16.2. The van der Waals surface area contributed by atoms with Crippen molar-refractivity contribution in [2.75, 3.05) is 11.9 Å². The number of hydrogen-bond acceptors (Lipinski definition) is 1. The normalized spacial score (nSPS) is 39.2. The zero-order chi connectivity index (χ0) is 19.5. The van der Waals surface area contributed by atoms with E-state index in [0.717, 1.165) is 29.9 Å².